The highest BCUT2D eigenvalue weighted by atomic mass is 16.2. The van der Waals surface area contributed by atoms with Crippen molar-refractivity contribution in [3.8, 4) is 0 Å². The number of hydrogen-bond acceptors (Lipinski definition) is 3. The molecule has 0 aromatic heterocycles. The van der Waals surface area contributed by atoms with Gasteiger partial charge in [0.05, 0.1) is 0 Å². The third kappa shape index (κ3) is 3.59. The van der Waals surface area contributed by atoms with E-state index in [1.807, 2.05) is 0 Å². The Kier molecular flexibility index (Phi) is 4.76. The molecule has 0 unspecified atom stereocenters. The number of carbonyl (C=O) groups excluding carboxylic acids is 3. The molecule has 2 aliphatic rings. The molecule has 1 fully saturated rings. The van der Waals surface area contributed by atoms with E-state index in [9.17, 15) is 14.4 Å². The molecule has 2 N–H and O–H groups in total. The summed E-state index contributed by atoms with van der Waals surface area (Å²) in [6.45, 7) is 0.529. The van der Waals surface area contributed by atoms with Crippen LogP contribution in [0.3, 0.4) is 0 Å². The van der Waals surface area contributed by atoms with Crippen LogP contribution < -0.4 is 10.6 Å². The van der Waals surface area contributed by atoms with Gasteiger partial charge in [-0.25, -0.2) is 4.79 Å². The van der Waals surface area contributed by atoms with Gasteiger partial charge in [-0.05, 0) is 32.1 Å². The van der Waals surface area contributed by atoms with Gasteiger partial charge in [0.2, 0.25) is 5.91 Å². The van der Waals surface area contributed by atoms with Gasteiger partial charge in [0.15, 0.2) is 0 Å². The van der Waals surface area contributed by atoms with Crippen LogP contribution in [0.25, 0.3) is 0 Å². The highest BCUT2D eigenvalue weighted by molar-refractivity contribution is 6.01. The van der Waals surface area contributed by atoms with E-state index >= 15 is 0 Å². The number of hydrogen-bond donors (Lipinski definition) is 2. The number of allylic oxidation sites excluding steroid dienone is 1. The van der Waals surface area contributed by atoms with Crippen LogP contribution >= 0.6 is 0 Å². The molecule has 20 heavy (non-hydrogen) atoms. The second kappa shape index (κ2) is 6.54. The van der Waals surface area contributed by atoms with E-state index in [2.05, 4.69) is 16.7 Å². The number of nitrogens with one attached hydrogen (secondary N) is 2. The predicted molar refractivity (Wildman–Crippen MR) is 73.9 cm³/mol. The molecule has 0 radical (unpaired) electrons. The molecule has 0 spiro atoms. The van der Waals surface area contributed by atoms with Gasteiger partial charge < -0.3 is 10.6 Å². The van der Waals surface area contributed by atoms with E-state index < -0.39 is 6.04 Å². The first kappa shape index (κ1) is 14.6. The standard InChI is InChI=1S/C14H21N3O3/c1-17-12(18)8-7-11(13(17)19)16-14(20)15-9-10-5-3-2-4-6-10/h5,11H,2-4,6-9H2,1H3,(H2,15,16,20)/t11-/m0/s1. The number of likely N-dealkylation sites (tertiary alicyclic amines) is 1. The van der Waals surface area contributed by atoms with Gasteiger partial charge in [-0.3, -0.25) is 14.5 Å². The Labute approximate surface area is 118 Å². The SMILES string of the molecule is CN1C(=O)CC[C@H](NC(=O)NCC2=CCCCC2)C1=O. The number of likely N-dealkylation sites (N-methyl/N-ethyl adjacent to an activating group) is 1. The zero-order valence-electron chi connectivity index (χ0n) is 11.8. The molecule has 0 bridgehead atoms. The van der Waals surface area contributed by atoms with Crippen LogP contribution in [-0.2, 0) is 9.59 Å². The molecular formula is C14H21N3O3. The Hall–Kier alpha value is -1.85. The topological polar surface area (TPSA) is 78.5 Å². The van der Waals surface area contributed by atoms with Crippen molar-refractivity contribution in [1.29, 1.82) is 0 Å². The van der Waals surface area contributed by atoms with E-state index in [0.29, 0.717) is 19.4 Å². The zero-order chi connectivity index (χ0) is 14.5. The highest BCUT2D eigenvalue weighted by Gasteiger charge is 2.32. The highest BCUT2D eigenvalue weighted by Crippen LogP contribution is 2.16. The van der Waals surface area contributed by atoms with Crippen molar-refractivity contribution in [1.82, 2.24) is 15.5 Å². The molecule has 2 rings (SSSR count). The Morgan fingerprint density at radius 2 is 2.15 bits per heavy atom. The summed E-state index contributed by atoms with van der Waals surface area (Å²) in [5, 5.41) is 5.41. The van der Waals surface area contributed by atoms with Crippen molar-refractivity contribution < 1.29 is 14.4 Å². The minimum absolute atomic E-state index is 0.194. The molecule has 4 amide bonds. The number of rotatable bonds is 3. The van der Waals surface area contributed by atoms with Crippen LogP contribution in [0.2, 0.25) is 0 Å². The van der Waals surface area contributed by atoms with E-state index in [0.717, 1.165) is 17.7 Å². The van der Waals surface area contributed by atoms with Gasteiger partial charge in [-0.1, -0.05) is 11.6 Å². The van der Waals surface area contributed by atoms with Crippen LogP contribution in [0.15, 0.2) is 11.6 Å². The van der Waals surface area contributed by atoms with Crippen molar-refractivity contribution in [2.24, 2.45) is 0 Å². The molecule has 0 aromatic rings. The summed E-state index contributed by atoms with van der Waals surface area (Å²) in [6, 6.07) is -0.949. The van der Waals surface area contributed by atoms with Crippen LogP contribution in [0, 0.1) is 0 Å². The molecule has 1 aliphatic heterocycles. The van der Waals surface area contributed by atoms with E-state index in [4.69, 9.17) is 0 Å². The van der Waals surface area contributed by atoms with E-state index in [-0.39, 0.29) is 17.8 Å². The van der Waals surface area contributed by atoms with Crippen LogP contribution in [0.1, 0.15) is 38.5 Å². The molecule has 1 atom stereocenters. The minimum atomic E-state index is -0.599. The Morgan fingerprint density at radius 3 is 2.85 bits per heavy atom. The molecule has 1 saturated heterocycles. The molecule has 1 heterocycles. The normalized spacial score (nSPS) is 23.4. The summed E-state index contributed by atoms with van der Waals surface area (Å²) < 4.78 is 0. The summed E-state index contributed by atoms with van der Waals surface area (Å²) in [4.78, 5) is 36.0. The van der Waals surface area contributed by atoms with Crippen LogP contribution in [-0.4, -0.2) is 42.4 Å². The van der Waals surface area contributed by atoms with Crippen molar-refractivity contribution in [2.75, 3.05) is 13.6 Å². The molecule has 0 aromatic carbocycles. The fraction of sp³-hybridized carbons (Fsp3) is 0.643. The molecule has 0 saturated carbocycles. The van der Waals surface area contributed by atoms with Gasteiger partial charge >= 0.3 is 6.03 Å². The Bertz CT molecular complexity index is 445. The largest absolute Gasteiger partial charge is 0.334 e. The Balaban J connectivity index is 1.78. The first-order valence-corrected chi connectivity index (χ1v) is 7.10. The third-order valence-electron chi connectivity index (χ3n) is 3.82. The maximum atomic E-state index is 11.8. The summed E-state index contributed by atoms with van der Waals surface area (Å²) in [5.41, 5.74) is 1.24. The average Bonchev–Trinajstić information content (AvgIpc) is 2.47. The monoisotopic (exact) mass is 279 g/mol. The lowest BCUT2D eigenvalue weighted by Crippen LogP contribution is -2.54. The lowest BCUT2D eigenvalue weighted by atomic mass is 10.00. The van der Waals surface area contributed by atoms with Gasteiger partial charge in [0.25, 0.3) is 5.91 Å². The zero-order valence-corrected chi connectivity index (χ0v) is 11.8. The minimum Gasteiger partial charge on any atom is -0.334 e. The lowest BCUT2D eigenvalue weighted by Gasteiger charge is -2.28. The number of imide groups is 1. The first-order valence-electron chi connectivity index (χ1n) is 7.10. The second-order valence-electron chi connectivity index (χ2n) is 5.32. The lowest BCUT2D eigenvalue weighted by molar-refractivity contribution is -0.147. The maximum absolute atomic E-state index is 11.8. The van der Waals surface area contributed by atoms with Crippen molar-refractivity contribution in [3.05, 3.63) is 11.6 Å². The fourth-order valence-corrected chi connectivity index (χ4v) is 2.52. The quantitative estimate of drug-likeness (QED) is 0.596. The number of nitrogens with zero attached hydrogens (tertiary/aromatic N) is 1. The molecule has 6 heteroatoms. The maximum Gasteiger partial charge on any atom is 0.315 e. The van der Waals surface area contributed by atoms with Crippen molar-refractivity contribution >= 4 is 17.8 Å². The molecule has 1 aliphatic carbocycles. The average molecular weight is 279 g/mol. The molecule has 6 nitrogen and oxygen atoms in total. The smallest absolute Gasteiger partial charge is 0.315 e. The van der Waals surface area contributed by atoms with Gasteiger partial charge in [0, 0.05) is 20.0 Å². The summed E-state index contributed by atoms with van der Waals surface area (Å²) in [7, 11) is 1.45. The summed E-state index contributed by atoms with van der Waals surface area (Å²) in [6.07, 6.45) is 7.32. The second-order valence-corrected chi connectivity index (χ2v) is 5.32. The number of piperidine rings is 1. The van der Waals surface area contributed by atoms with Gasteiger partial charge in [0.1, 0.15) is 6.04 Å². The summed E-state index contributed by atoms with van der Waals surface area (Å²) in [5.74, 6) is -0.533. The molecule has 110 valence electrons. The summed E-state index contributed by atoms with van der Waals surface area (Å²) >= 11 is 0. The van der Waals surface area contributed by atoms with Crippen molar-refractivity contribution in [2.45, 2.75) is 44.6 Å². The van der Waals surface area contributed by atoms with Gasteiger partial charge in [-0.2, -0.15) is 0 Å². The van der Waals surface area contributed by atoms with E-state index in [1.165, 1.54) is 25.5 Å². The predicted octanol–water partition coefficient (Wildman–Crippen LogP) is 0.933. The van der Waals surface area contributed by atoms with Gasteiger partial charge in [-0.15, -0.1) is 0 Å². The van der Waals surface area contributed by atoms with Crippen LogP contribution in [0.5, 0.6) is 0 Å². The number of urea groups is 1. The first-order chi connectivity index (χ1) is 9.58. The van der Waals surface area contributed by atoms with Crippen molar-refractivity contribution in [3.63, 3.8) is 0 Å². The van der Waals surface area contributed by atoms with Crippen LogP contribution in [0.4, 0.5) is 4.79 Å². The third-order valence-corrected chi connectivity index (χ3v) is 3.82. The number of amides is 4. The number of carbonyl (C=O) groups is 3. The Morgan fingerprint density at radius 1 is 1.35 bits per heavy atom. The van der Waals surface area contributed by atoms with E-state index in [1.54, 1.807) is 0 Å². The molecular weight excluding hydrogens is 258 g/mol. The fourth-order valence-electron chi connectivity index (χ4n) is 2.52.